The molecule has 2 aliphatic rings. The van der Waals surface area contributed by atoms with Gasteiger partial charge in [-0.3, -0.25) is 19.4 Å². The highest BCUT2D eigenvalue weighted by Gasteiger charge is 2.42. The second kappa shape index (κ2) is 11.4. The molecule has 2 fully saturated rings. The Balaban J connectivity index is 1.39. The van der Waals surface area contributed by atoms with E-state index in [4.69, 9.17) is 23.2 Å². The van der Waals surface area contributed by atoms with E-state index in [1.54, 1.807) is 33.2 Å². The summed E-state index contributed by atoms with van der Waals surface area (Å²) in [6.07, 6.45) is 2.18. The van der Waals surface area contributed by atoms with E-state index in [9.17, 15) is 14.7 Å². The lowest BCUT2D eigenvalue weighted by Crippen LogP contribution is -2.52. The highest BCUT2D eigenvalue weighted by Crippen LogP contribution is 2.31. The quantitative estimate of drug-likeness (QED) is 0.587. The first-order valence-electron chi connectivity index (χ1n) is 12.3. The van der Waals surface area contributed by atoms with Gasteiger partial charge in [0.1, 0.15) is 12.0 Å². The average molecular weight is 534 g/mol. The summed E-state index contributed by atoms with van der Waals surface area (Å²) in [4.78, 5) is 35.9. The molecule has 8 nitrogen and oxygen atoms in total. The molecule has 194 valence electrons. The summed E-state index contributed by atoms with van der Waals surface area (Å²) >= 11 is 12.2. The SMILES string of the molecule is Cc1cc(C(=O)N(C)C)cc(NC(=O)[C@H]2CCC(O)N2C2CCN(Cc3ccc(Cl)c(Cl)c3)CC2)n1. The Labute approximate surface area is 222 Å². The van der Waals surface area contributed by atoms with Gasteiger partial charge in [-0.1, -0.05) is 29.3 Å². The smallest absolute Gasteiger partial charge is 0.253 e. The molecule has 1 aromatic carbocycles. The van der Waals surface area contributed by atoms with Crippen molar-refractivity contribution in [3.63, 3.8) is 0 Å². The molecule has 1 aromatic heterocycles. The van der Waals surface area contributed by atoms with E-state index in [-0.39, 0.29) is 17.9 Å². The Bertz CT molecular complexity index is 1120. The maximum atomic E-state index is 13.3. The van der Waals surface area contributed by atoms with Crippen molar-refractivity contribution in [3.8, 4) is 0 Å². The highest BCUT2D eigenvalue weighted by atomic mass is 35.5. The third-order valence-electron chi connectivity index (χ3n) is 6.93. The van der Waals surface area contributed by atoms with Crippen molar-refractivity contribution < 1.29 is 14.7 Å². The molecule has 0 spiro atoms. The van der Waals surface area contributed by atoms with Crippen molar-refractivity contribution in [1.82, 2.24) is 19.7 Å². The Hall–Kier alpha value is -2.23. The number of aryl methyl sites for hydroxylation is 1. The van der Waals surface area contributed by atoms with E-state index in [1.165, 1.54) is 4.90 Å². The van der Waals surface area contributed by atoms with Crippen molar-refractivity contribution in [2.75, 3.05) is 32.5 Å². The third-order valence-corrected chi connectivity index (χ3v) is 7.67. The fourth-order valence-electron chi connectivity index (χ4n) is 5.17. The van der Waals surface area contributed by atoms with Crippen LogP contribution in [0.25, 0.3) is 0 Å². The molecule has 2 amide bonds. The fraction of sp³-hybridized carbons (Fsp3) is 0.500. The second-order valence-electron chi connectivity index (χ2n) is 9.85. The molecule has 0 saturated carbocycles. The van der Waals surface area contributed by atoms with Gasteiger partial charge in [0.25, 0.3) is 5.91 Å². The summed E-state index contributed by atoms with van der Waals surface area (Å²) in [6, 6.07) is 8.68. The van der Waals surface area contributed by atoms with Crippen LogP contribution in [0, 0.1) is 6.92 Å². The van der Waals surface area contributed by atoms with Crippen LogP contribution < -0.4 is 5.32 Å². The number of nitrogens with one attached hydrogen (secondary N) is 1. The minimum Gasteiger partial charge on any atom is -0.378 e. The van der Waals surface area contributed by atoms with Crippen molar-refractivity contribution in [1.29, 1.82) is 0 Å². The lowest BCUT2D eigenvalue weighted by Gasteiger charge is -2.40. The number of hydrogen-bond acceptors (Lipinski definition) is 6. The van der Waals surface area contributed by atoms with Crippen LogP contribution in [0.15, 0.2) is 30.3 Å². The van der Waals surface area contributed by atoms with Crippen LogP contribution in [-0.2, 0) is 11.3 Å². The number of halogens is 2. The lowest BCUT2D eigenvalue weighted by molar-refractivity contribution is -0.125. The van der Waals surface area contributed by atoms with Crippen LogP contribution in [0.4, 0.5) is 5.82 Å². The molecule has 1 unspecified atom stereocenters. The number of benzene rings is 1. The number of amides is 2. The van der Waals surface area contributed by atoms with Gasteiger partial charge in [0.05, 0.1) is 16.1 Å². The molecule has 2 N–H and O–H groups in total. The van der Waals surface area contributed by atoms with Gasteiger partial charge in [-0.25, -0.2) is 4.98 Å². The molecule has 2 aliphatic heterocycles. The first kappa shape index (κ1) is 26.8. The zero-order chi connectivity index (χ0) is 26.0. The zero-order valence-electron chi connectivity index (χ0n) is 20.9. The summed E-state index contributed by atoms with van der Waals surface area (Å²) in [6.45, 7) is 4.29. The Morgan fingerprint density at radius 2 is 1.81 bits per heavy atom. The van der Waals surface area contributed by atoms with E-state index in [0.717, 1.165) is 38.0 Å². The maximum absolute atomic E-state index is 13.3. The van der Waals surface area contributed by atoms with Gasteiger partial charge in [-0.05, 0) is 75.5 Å². The number of nitrogens with zero attached hydrogens (tertiary/aromatic N) is 4. The molecule has 0 radical (unpaired) electrons. The molecule has 2 atom stereocenters. The van der Waals surface area contributed by atoms with E-state index in [1.807, 2.05) is 23.1 Å². The van der Waals surface area contributed by atoms with Crippen LogP contribution in [0.2, 0.25) is 10.0 Å². The van der Waals surface area contributed by atoms with Crippen molar-refractivity contribution in [2.24, 2.45) is 0 Å². The molecule has 3 heterocycles. The summed E-state index contributed by atoms with van der Waals surface area (Å²) in [5, 5.41) is 14.7. The molecular formula is C26H33Cl2N5O3. The number of anilines is 1. The summed E-state index contributed by atoms with van der Waals surface area (Å²) in [5.74, 6) is -0.00401. The average Bonchev–Trinajstić information content (AvgIpc) is 3.22. The third kappa shape index (κ3) is 6.18. The summed E-state index contributed by atoms with van der Waals surface area (Å²) in [5.41, 5.74) is 2.23. The Kier molecular flexibility index (Phi) is 8.52. The minimum absolute atomic E-state index is 0.111. The van der Waals surface area contributed by atoms with E-state index >= 15 is 0 Å². The number of hydrogen-bond donors (Lipinski definition) is 2. The molecule has 2 aromatic rings. The number of carbonyl (C=O) groups excluding carboxylic acids is 2. The maximum Gasteiger partial charge on any atom is 0.253 e. The molecule has 2 saturated heterocycles. The lowest BCUT2D eigenvalue weighted by atomic mass is 10.0. The Morgan fingerprint density at radius 3 is 2.47 bits per heavy atom. The molecular weight excluding hydrogens is 501 g/mol. The van der Waals surface area contributed by atoms with Gasteiger partial charge in [0.2, 0.25) is 5.91 Å². The fourth-order valence-corrected chi connectivity index (χ4v) is 5.49. The number of piperidine rings is 1. The predicted molar refractivity (Wildman–Crippen MR) is 141 cm³/mol. The number of aliphatic hydroxyl groups is 1. The summed E-state index contributed by atoms with van der Waals surface area (Å²) in [7, 11) is 3.37. The van der Waals surface area contributed by atoms with Gasteiger partial charge < -0.3 is 15.3 Å². The van der Waals surface area contributed by atoms with Crippen LogP contribution in [0.3, 0.4) is 0 Å². The molecule has 4 rings (SSSR count). The second-order valence-corrected chi connectivity index (χ2v) is 10.7. The van der Waals surface area contributed by atoms with Gasteiger partial charge in [0, 0.05) is 37.9 Å². The van der Waals surface area contributed by atoms with Crippen molar-refractivity contribution in [2.45, 2.75) is 57.5 Å². The monoisotopic (exact) mass is 533 g/mol. The van der Waals surface area contributed by atoms with E-state index < -0.39 is 12.3 Å². The number of pyridine rings is 1. The van der Waals surface area contributed by atoms with E-state index in [2.05, 4.69) is 15.2 Å². The molecule has 10 heteroatoms. The van der Waals surface area contributed by atoms with E-state index in [0.29, 0.717) is 40.0 Å². The highest BCUT2D eigenvalue weighted by molar-refractivity contribution is 6.42. The number of aromatic nitrogens is 1. The van der Waals surface area contributed by atoms with Crippen LogP contribution in [0.1, 0.15) is 47.3 Å². The summed E-state index contributed by atoms with van der Waals surface area (Å²) < 4.78 is 0. The zero-order valence-corrected chi connectivity index (χ0v) is 22.4. The first-order valence-corrected chi connectivity index (χ1v) is 13.0. The molecule has 36 heavy (non-hydrogen) atoms. The first-order chi connectivity index (χ1) is 17.1. The van der Waals surface area contributed by atoms with Gasteiger partial charge in [-0.15, -0.1) is 0 Å². The normalized spacial score (nSPS) is 21.5. The van der Waals surface area contributed by atoms with Gasteiger partial charge >= 0.3 is 0 Å². The molecule has 0 bridgehead atoms. The largest absolute Gasteiger partial charge is 0.378 e. The minimum atomic E-state index is -0.649. The number of carbonyl (C=O) groups is 2. The van der Waals surface area contributed by atoms with Crippen LogP contribution in [0.5, 0.6) is 0 Å². The van der Waals surface area contributed by atoms with Crippen LogP contribution >= 0.6 is 23.2 Å². The number of rotatable bonds is 6. The molecule has 0 aliphatic carbocycles. The Morgan fingerprint density at radius 1 is 1.08 bits per heavy atom. The topological polar surface area (TPSA) is 89.0 Å². The predicted octanol–water partition coefficient (Wildman–Crippen LogP) is 3.78. The van der Waals surface area contributed by atoms with Crippen molar-refractivity contribution >= 4 is 40.8 Å². The van der Waals surface area contributed by atoms with Crippen LogP contribution in [-0.4, -0.2) is 82.1 Å². The van der Waals surface area contributed by atoms with Crippen molar-refractivity contribution in [3.05, 3.63) is 57.2 Å². The van der Waals surface area contributed by atoms with Gasteiger partial charge in [-0.2, -0.15) is 0 Å². The van der Waals surface area contributed by atoms with Gasteiger partial charge in [0.15, 0.2) is 0 Å². The number of likely N-dealkylation sites (tertiary alicyclic amines) is 2. The number of aliphatic hydroxyl groups excluding tert-OH is 1. The standard InChI is InChI=1S/C26H33Cl2N5O3/c1-16-12-18(26(36)31(2)3)14-23(29-16)30-25(35)22-6-7-24(34)33(22)19-8-10-32(11-9-19)15-17-4-5-20(27)21(28)13-17/h4-5,12-14,19,22,24,34H,6-11,15H2,1-3H3,(H,29,30,35)/t22-,24?/m1/s1.